The van der Waals surface area contributed by atoms with E-state index in [1.807, 2.05) is 0 Å². The molecule has 0 fully saturated rings. The van der Waals surface area contributed by atoms with Crippen LogP contribution in [0.5, 0.6) is 0 Å². The summed E-state index contributed by atoms with van der Waals surface area (Å²) in [5.74, 6) is 0.100. The van der Waals surface area contributed by atoms with Crippen molar-refractivity contribution < 1.29 is 0 Å². The van der Waals surface area contributed by atoms with Crippen LogP contribution in [0.3, 0.4) is 0 Å². The van der Waals surface area contributed by atoms with Crippen molar-refractivity contribution in [2.45, 2.75) is 62.7 Å². The van der Waals surface area contributed by atoms with E-state index in [0.717, 1.165) is 24.2 Å². The molecule has 1 unspecified atom stereocenters. The van der Waals surface area contributed by atoms with E-state index in [0.29, 0.717) is 0 Å². The summed E-state index contributed by atoms with van der Waals surface area (Å²) in [7, 11) is 0. The average molecular weight is 1060 g/mol. The lowest BCUT2D eigenvalue weighted by atomic mass is 9.70. The molecule has 1 heteroatoms. The molecule has 0 saturated carbocycles. The lowest BCUT2D eigenvalue weighted by molar-refractivity contribution is 0.654. The Hall–Kier alpha value is -9.56. The van der Waals surface area contributed by atoms with Crippen LogP contribution in [0.2, 0.25) is 0 Å². The Morgan fingerprint density at radius 3 is 1.42 bits per heavy atom. The van der Waals surface area contributed by atoms with Gasteiger partial charge < -0.3 is 4.90 Å². The lowest BCUT2D eigenvalue weighted by Gasteiger charge is -2.32. The van der Waals surface area contributed by atoms with Crippen molar-refractivity contribution in [3.8, 4) is 66.8 Å². The zero-order valence-corrected chi connectivity index (χ0v) is 47.5. The van der Waals surface area contributed by atoms with E-state index < -0.39 is 5.41 Å². The predicted molar refractivity (Wildman–Crippen MR) is 346 cm³/mol. The molecule has 0 bridgehead atoms. The van der Waals surface area contributed by atoms with Crippen molar-refractivity contribution in [2.24, 2.45) is 0 Å². The maximum Gasteiger partial charge on any atom is 0.0726 e. The molecule has 0 heterocycles. The van der Waals surface area contributed by atoms with Crippen LogP contribution in [0.4, 0.5) is 17.1 Å². The number of benzene rings is 12. The Morgan fingerprint density at radius 2 is 0.771 bits per heavy atom. The number of nitrogens with zero attached hydrogens (tertiary/aromatic N) is 1. The van der Waals surface area contributed by atoms with Gasteiger partial charge in [-0.3, -0.25) is 0 Å². The Bertz CT molecular complexity index is 4580. The van der Waals surface area contributed by atoms with Crippen molar-refractivity contribution in [3.63, 3.8) is 0 Å². The fourth-order valence-corrected chi connectivity index (χ4v) is 15.7. The molecule has 4 aliphatic carbocycles. The molecule has 0 radical (unpaired) electrons. The van der Waals surface area contributed by atoms with Crippen LogP contribution < -0.4 is 4.90 Å². The second-order valence-corrected chi connectivity index (χ2v) is 24.6. The van der Waals surface area contributed by atoms with Crippen LogP contribution in [0.25, 0.3) is 66.8 Å². The molecule has 0 amide bonds. The monoisotopic (exact) mass is 1060 g/mol. The highest BCUT2D eigenvalue weighted by Crippen LogP contribution is 2.66. The highest BCUT2D eigenvalue weighted by molar-refractivity contribution is 6.02. The minimum absolute atomic E-state index is 0.100. The van der Waals surface area contributed by atoms with Crippen LogP contribution in [0.1, 0.15) is 101 Å². The van der Waals surface area contributed by atoms with Gasteiger partial charge in [0.2, 0.25) is 0 Å². The standard InChI is InChI=1S/C82H63N/c1-80(2)69-36-15-11-31-62(69)64-47-44-58(51-75(64)80)61(46-43-53-23-19-28-56(49-53)54-24-7-5-8-25-54)66-35-21-40-73-78(66)67-33-13-17-38-71(67)82(73)72-39-18-14-34-68(72)79-74(82)41-22-42-77(79)83(59-30-20-29-57(50-59)55-26-9-6-10-27-55)60-45-48-65-63-32-12-16-37-70(63)81(3,4)76(65)52-60/h5-42,44-45,47-52,61H,43,46H2,1-4H3/t61-,82?/m1/s1. The first-order chi connectivity index (χ1) is 40.7. The van der Waals surface area contributed by atoms with Crippen molar-refractivity contribution in [2.75, 3.05) is 4.90 Å². The van der Waals surface area contributed by atoms with Gasteiger partial charge in [0.1, 0.15) is 0 Å². The molecule has 12 aromatic rings. The normalized spacial score (nSPS) is 16.0. The summed E-state index contributed by atoms with van der Waals surface area (Å²) >= 11 is 0. The van der Waals surface area contributed by atoms with Gasteiger partial charge in [-0.2, -0.15) is 0 Å². The quantitative estimate of drug-likeness (QED) is 0.132. The molecule has 16 rings (SSSR count). The highest BCUT2D eigenvalue weighted by atomic mass is 15.1. The Kier molecular flexibility index (Phi) is 11.1. The van der Waals surface area contributed by atoms with E-state index >= 15 is 0 Å². The summed E-state index contributed by atoms with van der Waals surface area (Å²) in [6.45, 7) is 9.62. The van der Waals surface area contributed by atoms with Crippen LogP contribution in [0, 0.1) is 0 Å². The molecular weight excluding hydrogens is 999 g/mol. The van der Waals surface area contributed by atoms with Gasteiger partial charge in [-0.15, -0.1) is 0 Å². The Morgan fingerprint density at radius 1 is 0.313 bits per heavy atom. The maximum atomic E-state index is 2.59. The smallest absolute Gasteiger partial charge is 0.0726 e. The number of hydrogen-bond acceptors (Lipinski definition) is 1. The number of hydrogen-bond donors (Lipinski definition) is 0. The Labute approximate surface area is 488 Å². The molecule has 396 valence electrons. The second-order valence-electron chi connectivity index (χ2n) is 24.6. The lowest BCUT2D eigenvalue weighted by Crippen LogP contribution is -2.26. The largest absolute Gasteiger partial charge is 0.310 e. The predicted octanol–water partition coefficient (Wildman–Crippen LogP) is 21.2. The van der Waals surface area contributed by atoms with Crippen molar-refractivity contribution in [3.05, 3.63) is 340 Å². The molecule has 0 aliphatic heterocycles. The summed E-state index contributed by atoms with van der Waals surface area (Å²) in [5.41, 5.74) is 33.1. The topological polar surface area (TPSA) is 3.24 Å². The summed E-state index contributed by atoms with van der Waals surface area (Å²) < 4.78 is 0. The van der Waals surface area contributed by atoms with Gasteiger partial charge >= 0.3 is 0 Å². The maximum absolute atomic E-state index is 2.59. The number of aryl methyl sites for hydroxylation is 1. The van der Waals surface area contributed by atoms with E-state index in [2.05, 4.69) is 312 Å². The molecule has 0 aromatic heterocycles. The third kappa shape index (κ3) is 7.33. The van der Waals surface area contributed by atoms with Crippen LogP contribution in [-0.2, 0) is 22.7 Å². The first-order valence-electron chi connectivity index (χ1n) is 29.7. The number of rotatable bonds is 10. The molecule has 83 heavy (non-hydrogen) atoms. The third-order valence-corrected chi connectivity index (χ3v) is 19.6. The van der Waals surface area contributed by atoms with Gasteiger partial charge in [-0.25, -0.2) is 0 Å². The molecule has 4 aliphatic rings. The van der Waals surface area contributed by atoms with Gasteiger partial charge in [0.05, 0.1) is 11.1 Å². The third-order valence-electron chi connectivity index (χ3n) is 19.6. The zero-order valence-electron chi connectivity index (χ0n) is 47.5. The summed E-state index contributed by atoms with van der Waals surface area (Å²) in [4.78, 5) is 2.56. The molecular formula is C82H63N. The van der Waals surface area contributed by atoms with Crippen LogP contribution in [-0.4, -0.2) is 0 Å². The summed E-state index contributed by atoms with van der Waals surface area (Å²) in [6, 6.07) is 106. The van der Waals surface area contributed by atoms with Gasteiger partial charge in [-0.1, -0.05) is 276 Å². The molecule has 1 nitrogen and oxygen atoms in total. The first-order valence-corrected chi connectivity index (χ1v) is 29.7. The van der Waals surface area contributed by atoms with Gasteiger partial charge in [0, 0.05) is 33.7 Å². The minimum atomic E-state index is -0.584. The summed E-state index contributed by atoms with van der Waals surface area (Å²) in [5, 5.41) is 0. The Balaban J connectivity index is 0.905. The van der Waals surface area contributed by atoms with E-state index in [4.69, 9.17) is 0 Å². The van der Waals surface area contributed by atoms with E-state index in [1.165, 1.54) is 134 Å². The minimum Gasteiger partial charge on any atom is -0.310 e. The van der Waals surface area contributed by atoms with Gasteiger partial charge in [-0.05, 0) is 166 Å². The van der Waals surface area contributed by atoms with Gasteiger partial charge in [0.25, 0.3) is 0 Å². The van der Waals surface area contributed by atoms with Gasteiger partial charge in [0.15, 0.2) is 0 Å². The highest BCUT2D eigenvalue weighted by Gasteiger charge is 2.53. The van der Waals surface area contributed by atoms with Crippen molar-refractivity contribution in [1.29, 1.82) is 0 Å². The molecule has 12 aromatic carbocycles. The van der Waals surface area contributed by atoms with Crippen molar-refractivity contribution >= 4 is 17.1 Å². The number of fused-ring (bicyclic) bond motifs is 16. The first kappa shape index (κ1) is 49.3. The van der Waals surface area contributed by atoms with Crippen LogP contribution in [0.15, 0.2) is 279 Å². The molecule has 1 spiro atoms. The molecule has 0 N–H and O–H groups in total. The van der Waals surface area contributed by atoms with Crippen molar-refractivity contribution in [1.82, 2.24) is 0 Å². The second kappa shape index (κ2) is 18.7. The molecule has 2 atom stereocenters. The SMILES string of the molecule is CC1(C)c2ccccc2-c2ccc([C@@H](CCc3cccc(-c4ccccc4)c3)c3cccc4c3-c3ccccc3C43c4ccccc4-c4c(N(c5cccc(-c6ccccc6)c5)c5ccc6c(c5)C(C)(C)c5ccccc5-6)cccc43)cc21. The molecule has 0 saturated heterocycles. The average Bonchev–Trinajstić information content (AvgIpc) is 1.65. The van der Waals surface area contributed by atoms with E-state index in [-0.39, 0.29) is 16.7 Å². The van der Waals surface area contributed by atoms with E-state index in [9.17, 15) is 0 Å². The van der Waals surface area contributed by atoms with Crippen LogP contribution >= 0.6 is 0 Å². The summed E-state index contributed by atoms with van der Waals surface area (Å²) in [6.07, 6.45) is 1.89. The zero-order chi connectivity index (χ0) is 55.6. The fraction of sp³-hybridized carbons (Fsp3) is 0.122. The number of anilines is 3. The fourth-order valence-electron chi connectivity index (χ4n) is 15.7. The van der Waals surface area contributed by atoms with E-state index in [1.54, 1.807) is 0 Å².